The topological polar surface area (TPSA) is 89.7 Å². The quantitative estimate of drug-likeness (QED) is 0.421. The van der Waals surface area contributed by atoms with Crippen LogP contribution in [0.3, 0.4) is 0 Å². The van der Waals surface area contributed by atoms with Crippen LogP contribution in [0.5, 0.6) is 0 Å². The van der Waals surface area contributed by atoms with Crippen molar-refractivity contribution in [2.75, 3.05) is 6.54 Å². The van der Waals surface area contributed by atoms with Gasteiger partial charge in [0.1, 0.15) is 22.7 Å². The van der Waals surface area contributed by atoms with Crippen LogP contribution in [0, 0.1) is 0 Å². The van der Waals surface area contributed by atoms with Crippen molar-refractivity contribution in [1.82, 2.24) is 24.7 Å². The van der Waals surface area contributed by atoms with Crippen molar-refractivity contribution in [3.8, 4) is 11.5 Å². The lowest BCUT2D eigenvalue weighted by molar-refractivity contribution is -0.142. The van der Waals surface area contributed by atoms with Gasteiger partial charge in [0.05, 0.1) is 18.5 Å². The number of carbonyl (C=O) groups is 1. The summed E-state index contributed by atoms with van der Waals surface area (Å²) >= 11 is 0. The third-order valence-electron chi connectivity index (χ3n) is 5.69. The molecule has 0 aromatic carbocycles. The number of likely N-dealkylation sites (tertiary alicyclic amines) is 1. The predicted molar refractivity (Wildman–Crippen MR) is 109 cm³/mol. The molecule has 0 bridgehead atoms. The fourth-order valence-electron chi connectivity index (χ4n) is 4.19. The fourth-order valence-corrected chi connectivity index (χ4v) is 4.19. The Morgan fingerprint density at radius 3 is 2.88 bits per heavy atom. The second-order valence-corrected chi connectivity index (χ2v) is 7.92. The molecule has 0 N–H and O–H groups in total. The smallest absolute Gasteiger partial charge is 0.433 e. The number of aryl methyl sites for hydroxylation is 1. The Morgan fingerprint density at radius 2 is 2.15 bits per heavy atom. The molecule has 1 fully saturated rings. The Hall–Kier alpha value is -3.63. The Morgan fingerprint density at radius 1 is 1.30 bits per heavy atom. The number of nitrogens with zero attached hydrogens (tertiary/aromatic N) is 5. The average molecular weight is 459 g/mol. The van der Waals surface area contributed by atoms with Crippen LogP contribution >= 0.6 is 0 Å². The van der Waals surface area contributed by atoms with Gasteiger partial charge < -0.3 is 13.8 Å². The van der Waals surface area contributed by atoms with Gasteiger partial charge in [0.2, 0.25) is 0 Å². The van der Waals surface area contributed by atoms with E-state index in [2.05, 4.69) is 15.2 Å². The first-order valence-electron chi connectivity index (χ1n) is 10.6. The molecule has 0 spiro atoms. The molecule has 5 heterocycles. The van der Waals surface area contributed by atoms with Gasteiger partial charge in [-0.1, -0.05) is 12.1 Å². The minimum absolute atomic E-state index is 0.0157. The van der Waals surface area contributed by atoms with E-state index >= 15 is 0 Å². The molecule has 1 amide bonds. The molecule has 33 heavy (non-hydrogen) atoms. The number of alkyl halides is 3. The van der Waals surface area contributed by atoms with Crippen molar-refractivity contribution in [3.63, 3.8) is 0 Å². The highest BCUT2D eigenvalue weighted by atomic mass is 19.4. The van der Waals surface area contributed by atoms with Gasteiger partial charge in [0, 0.05) is 19.0 Å². The molecular formula is C22H20F3N5O3. The van der Waals surface area contributed by atoms with Crippen LogP contribution in [0.25, 0.3) is 17.1 Å². The van der Waals surface area contributed by atoms with Crippen molar-refractivity contribution < 1.29 is 26.9 Å². The lowest BCUT2D eigenvalue weighted by atomic mass is 10.1. The highest BCUT2D eigenvalue weighted by Crippen LogP contribution is 2.36. The summed E-state index contributed by atoms with van der Waals surface area (Å²) in [4.78, 5) is 19.4. The monoisotopic (exact) mass is 459 g/mol. The van der Waals surface area contributed by atoms with Crippen LogP contribution in [-0.2, 0) is 12.6 Å². The Bertz CT molecular complexity index is 1290. The number of fused-ring (bicyclic) bond motifs is 1. The molecule has 0 unspecified atom stereocenters. The largest absolute Gasteiger partial charge is 0.463 e. The Labute approximate surface area is 186 Å². The van der Waals surface area contributed by atoms with Gasteiger partial charge in [-0.3, -0.25) is 4.79 Å². The van der Waals surface area contributed by atoms with Crippen molar-refractivity contribution in [2.24, 2.45) is 0 Å². The molecule has 0 saturated carbocycles. The van der Waals surface area contributed by atoms with Crippen LogP contribution in [-0.4, -0.2) is 37.1 Å². The molecular weight excluding hydrogens is 439 g/mol. The van der Waals surface area contributed by atoms with Crippen LogP contribution in [0.1, 0.15) is 59.7 Å². The van der Waals surface area contributed by atoms with Crippen LogP contribution in [0.2, 0.25) is 0 Å². The standard InChI is InChI=1S/C22H20F3N5O3/c1-2-5-13-10-15(28-33-13)17-6-3-8-29(17)21(31)14-12-26-30-19(22(23,24)25)11-16(27-20(14)30)18-7-4-9-32-18/h4,7,9-12,17H,2-3,5-6,8H2,1H3/t17-/m1/s1. The zero-order valence-corrected chi connectivity index (χ0v) is 17.7. The van der Waals surface area contributed by atoms with Crippen LogP contribution in [0.15, 0.2) is 45.7 Å². The van der Waals surface area contributed by atoms with Gasteiger partial charge in [0.25, 0.3) is 5.91 Å². The molecule has 0 aliphatic carbocycles. The first-order chi connectivity index (χ1) is 15.9. The number of rotatable bonds is 5. The van der Waals surface area contributed by atoms with E-state index in [0.29, 0.717) is 23.2 Å². The van der Waals surface area contributed by atoms with Crippen molar-refractivity contribution in [3.05, 3.63) is 59.4 Å². The van der Waals surface area contributed by atoms with E-state index in [9.17, 15) is 18.0 Å². The van der Waals surface area contributed by atoms with E-state index in [4.69, 9.17) is 8.94 Å². The summed E-state index contributed by atoms with van der Waals surface area (Å²) in [5, 5.41) is 7.97. The first kappa shape index (κ1) is 21.2. The number of hydrogen-bond acceptors (Lipinski definition) is 6. The normalized spacial score (nSPS) is 16.7. The third-order valence-corrected chi connectivity index (χ3v) is 5.69. The summed E-state index contributed by atoms with van der Waals surface area (Å²) in [7, 11) is 0. The Balaban J connectivity index is 1.56. The number of amides is 1. The molecule has 1 aliphatic heterocycles. The molecule has 5 rings (SSSR count). The maximum atomic E-state index is 13.8. The van der Waals surface area contributed by atoms with Crippen LogP contribution in [0.4, 0.5) is 13.2 Å². The van der Waals surface area contributed by atoms with Crippen molar-refractivity contribution >= 4 is 11.6 Å². The number of halogens is 3. The van der Waals surface area contributed by atoms with Gasteiger partial charge in [-0.05, 0) is 37.5 Å². The zero-order chi connectivity index (χ0) is 23.2. The molecule has 4 aromatic heterocycles. The van der Waals surface area contributed by atoms with E-state index < -0.39 is 17.8 Å². The molecule has 1 atom stereocenters. The lowest BCUT2D eigenvalue weighted by Crippen LogP contribution is -2.30. The van der Waals surface area contributed by atoms with E-state index in [0.717, 1.165) is 37.3 Å². The summed E-state index contributed by atoms with van der Waals surface area (Å²) < 4.78 is 52.6. The average Bonchev–Trinajstić information content (AvgIpc) is 3.58. The van der Waals surface area contributed by atoms with E-state index in [-0.39, 0.29) is 28.7 Å². The van der Waals surface area contributed by atoms with E-state index in [1.807, 2.05) is 13.0 Å². The number of furan rings is 1. The SMILES string of the molecule is CCCc1cc([C@H]2CCCN2C(=O)c2cnn3c(C(F)(F)F)cc(-c4ccco4)nc23)no1. The highest BCUT2D eigenvalue weighted by molar-refractivity contribution is 6.00. The molecule has 8 nitrogen and oxygen atoms in total. The molecule has 0 radical (unpaired) electrons. The van der Waals surface area contributed by atoms with Crippen LogP contribution < -0.4 is 0 Å². The van der Waals surface area contributed by atoms with Gasteiger partial charge in [-0.15, -0.1) is 0 Å². The number of hydrogen-bond donors (Lipinski definition) is 0. The predicted octanol–water partition coefficient (Wildman–Crippen LogP) is 4.93. The molecule has 4 aromatic rings. The summed E-state index contributed by atoms with van der Waals surface area (Å²) in [6.45, 7) is 2.47. The third kappa shape index (κ3) is 3.77. The van der Waals surface area contributed by atoms with Gasteiger partial charge in [-0.25, -0.2) is 9.50 Å². The number of aromatic nitrogens is 4. The maximum Gasteiger partial charge on any atom is 0.433 e. The number of carbonyl (C=O) groups excluding carboxylic acids is 1. The highest BCUT2D eigenvalue weighted by Gasteiger charge is 2.38. The van der Waals surface area contributed by atoms with E-state index in [1.165, 1.54) is 12.3 Å². The Kier molecular flexibility index (Phi) is 5.18. The second kappa shape index (κ2) is 8.05. The van der Waals surface area contributed by atoms with Crippen molar-refractivity contribution in [2.45, 2.75) is 44.8 Å². The summed E-state index contributed by atoms with van der Waals surface area (Å²) in [5.74, 6) is 0.444. The minimum Gasteiger partial charge on any atom is -0.463 e. The lowest BCUT2D eigenvalue weighted by Gasteiger charge is -2.22. The maximum absolute atomic E-state index is 13.8. The van der Waals surface area contributed by atoms with Gasteiger partial charge in [-0.2, -0.15) is 18.3 Å². The zero-order valence-electron chi connectivity index (χ0n) is 17.7. The van der Waals surface area contributed by atoms with E-state index in [1.54, 1.807) is 11.0 Å². The second-order valence-electron chi connectivity index (χ2n) is 7.92. The minimum atomic E-state index is -4.71. The van der Waals surface area contributed by atoms with Crippen molar-refractivity contribution in [1.29, 1.82) is 0 Å². The fraction of sp³-hybridized carbons (Fsp3) is 0.364. The molecule has 1 saturated heterocycles. The summed E-state index contributed by atoms with van der Waals surface area (Å²) in [6.07, 6.45) is 0.827. The molecule has 1 aliphatic rings. The summed E-state index contributed by atoms with van der Waals surface area (Å²) in [6, 6.07) is 5.43. The molecule has 172 valence electrons. The van der Waals surface area contributed by atoms with Gasteiger partial charge in [0.15, 0.2) is 17.1 Å². The summed E-state index contributed by atoms with van der Waals surface area (Å²) in [5.41, 5.74) is -0.637. The first-order valence-corrected chi connectivity index (χ1v) is 10.6. The van der Waals surface area contributed by atoms with Gasteiger partial charge >= 0.3 is 6.18 Å². The molecule has 11 heteroatoms.